The van der Waals surface area contributed by atoms with Gasteiger partial charge in [-0.05, 0) is 30.0 Å². The standard InChI is InChI=1S/C20H22N2O3S/c23-17(15-7-2-1-3-8-15)12-21-19(24)13-26-18-11-10-14-6-4-5-9-16(14)22-20(18)25/h1-9,17-18,23H,10-13H2,(H,21,24)(H,22,25)/t17-,18-/m0/s1. The van der Waals surface area contributed by atoms with Crippen LogP contribution in [0, 0.1) is 0 Å². The smallest absolute Gasteiger partial charge is 0.237 e. The summed E-state index contributed by atoms with van der Waals surface area (Å²) in [5.41, 5.74) is 2.75. The molecule has 2 aromatic carbocycles. The molecule has 2 amide bonds. The van der Waals surface area contributed by atoms with E-state index in [2.05, 4.69) is 10.6 Å². The van der Waals surface area contributed by atoms with Crippen LogP contribution in [0.5, 0.6) is 0 Å². The Hall–Kier alpha value is -2.31. The van der Waals surface area contributed by atoms with E-state index < -0.39 is 6.10 Å². The van der Waals surface area contributed by atoms with E-state index in [9.17, 15) is 14.7 Å². The van der Waals surface area contributed by atoms with E-state index in [-0.39, 0.29) is 29.4 Å². The van der Waals surface area contributed by atoms with Gasteiger partial charge in [-0.2, -0.15) is 0 Å². The lowest BCUT2D eigenvalue weighted by molar-refractivity contribution is -0.119. The van der Waals surface area contributed by atoms with Gasteiger partial charge in [0.1, 0.15) is 0 Å². The Bertz CT molecular complexity index is 767. The van der Waals surface area contributed by atoms with Crippen molar-refractivity contribution >= 4 is 29.3 Å². The maximum atomic E-state index is 12.3. The average Bonchev–Trinajstić information content (AvgIpc) is 2.83. The molecule has 1 aliphatic heterocycles. The zero-order valence-electron chi connectivity index (χ0n) is 14.4. The zero-order valence-corrected chi connectivity index (χ0v) is 15.2. The second kappa shape index (κ2) is 8.87. The zero-order chi connectivity index (χ0) is 18.4. The Balaban J connectivity index is 1.45. The number of carbonyl (C=O) groups excluding carboxylic acids is 2. The Morgan fingerprint density at radius 1 is 1.19 bits per heavy atom. The number of hydrogen-bond acceptors (Lipinski definition) is 4. The quantitative estimate of drug-likeness (QED) is 0.730. The lowest BCUT2D eigenvalue weighted by atomic mass is 10.1. The van der Waals surface area contributed by atoms with Gasteiger partial charge in [-0.1, -0.05) is 48.5 Å². The van der Waals surface area contributed by atoms with Crippen LogP contribution in [0.2, 0.25) is 0 Å². The number of thioether (sulfide) groups is 1. The predicted molar refractivity (Wildman–Crippen MR) is 104 cm³/mol. The van der Waals surface area contributed by atoms with Crippen LogP contribution in [0.15, 0.2) is 54.6 Å². The van der Waals surface area contributed by atoms with Crippen molar-refractivity contribution in [1.29, 1.82) is 0 Å². The molecule has 1 aliphatic rings. The summed E-state index contributed by atoms with van der Waals surface area (Å²) >= 11 is 1.34. The van der Waals surface area contributed by atoms with Gasteiger partial charge in [-0.3, -0.25) is 9.59 Å². The molecular formula is C20H22N2O3S. The van der Waals surface area contributed by atoms with Gasteiger partial charge in [0.05, 0.1) is 17.1 Å². The fourth-order valence-corrected chi connectivity index (χ4v) is 3.83. The predicted octanol–water partition coefficient (Wildman–Crippen LogP) is 2.52. The molecule has 0 radical (unpaired) electrons. The van der Waals surface area contributed by atoms with Gasteiger partial charge in [0.2, 0.25) is 11.8 Å². The maximum absolute atomic E-state index is 12.3. The second-order valence-corrected chi connectivity index (χ2v) is 7.41. The normalized spacial score (nSPS) is 17.6. The van der Waals surface area contributed by atoms with Crippen LogP contribution >= 0.6 is 11.8 Å². The minimum absolute atomic E-state index is 0.0583. The third kappa shape index (κ3) is 4.86. The molecule has 0 fully saturated rings. The first kappa shape index (κ1) is 18.5. The first-order valence-electron chi connectivity index (χ1n) is 8.63. The third-order valence-electron chi connectivity index (χ3n) is 4.34. The molecule has 0 spiro atoms. The second-order valence-electron chi connectivity index (χ2n) is 6.22. The van der Waals surface area contributed by atoms with Crippen molar-refractivity contribution in [3.05, 3.63) is 65.7 Å². The van der Waals surface area contributed by atoms with Crippen molar-refractivity contribution in [2.45, 2.75) is 24.2 Å². The van der Waals surface area contributed by atoms with E-state index in [0.717, 1.165) is 23.2 Å². The minimum Gasteiger partial charge on any atom is -0.387 e. The highest BCUT2D eigenvalue weighted by Gasteiger charge is 2.24. The molecule has 136 valence electrons. The molecule has 0 saturated heterocycles. The number of aliphatic hydroxyl groups excluding tert-OH is 1. The van der Waals surface area contributed by atoms with E-state index in [1.807, 2.05) is 54.6 Å². The van der Waals surface area contributed by atoms with Crippen LogP contribution in [-0.2, 0) is 16.0 Å². The van der Waals surface area contributed by atoms with Gasteiger partial charge in [0, 0.05) is 12.2 Å². The number of rotatable bonds is 6. The van der Waals surface area contributed by atoms with Gasteiger partial charge < -0.3 is 15.7 Å². The van der Waals surface area contributed by atoms with Crippen molar-refractivity contribution in [1.82, 2.24) is 5.32 Å². The fraction of sp³-hybridized carbons (Fsp3) is 0.300. The summed E-state index contributed by atoms with van der Waals surface area (Å²) in [6.45, 7) is 0.158. The molecule has 0 aromatic heterocycles. The number of benzene rings is 2. The summed E-state index contributed by atoms with van der Waals surface area (Å²) in [4.78, 5) is 24.4. The van der Waals surface area contributed by atoms with E-state index in [0.29, 0.717) is 6.42 Å². The Morgan fingerprint density at radius 2 is 1.92 bits per heavy atom. The molecule has 2 atom stereocenters. The first-order valence-corrected chi connectivity index (χ1v) is 9.68. The largest absolute Gasteiger partial charge is 0.387 e. The van der Waals surface area contributed by atoms with Crippen LogP contribution in [0.4, 0.5) is 5.69 Å². The van der Waals surface area contributed by atoms with Gasteiger partial charge in [-0.15, -0.1) is 11.8 Å². The molecule has 3 N–H and O–H groups in total. The van der Waals surface area contributed by atoms with Crippen LogP contribution < -0.4 is 10.6 Å². The number of hydrogen-bond donors (Lipinski definition) is 3. The number of amides is 2. The molecule has 0 unspecified atom stereocenters. The summed E-state index contributed by atoms with van der Waals surface area (Å²) in [7, 11) is 0. The van der Waals surface area contributed by atoms with Crippen molar-refractivity contribution < 1.29 is 14.7 Å². The molecule has 0 aliphatic carbocycles. The van der Waals surface area contributed by atoms with E-state index in [1.165, 1.54) is 11.8 Å². The average molecular weight is 370 g/mol. The van der Waals surface area contributed by atoms with Gasteiger partial charge in [0.25, 0.3) is 0 Å². The SMILES string of the molecule is O=C(CS[C@H]1CCc2ccccc2NC1=O)NC[C@H](O)c1ccccc1. The highest BCUT2D eigenvalue weighted by molar-refractivity contribution is 8.01. The van der Waals surface area contributed by atoms with Crippen molar-refractivity contribution in [2.75, 3.05) is 17.6 Å². The first-order chi connectivity index (χ1) is 12.6. The number of anilines is 1. The molecule has 3 rings (SSSR count). The Morgan fingerprint density at radius 3 is 2.73 bits per heavy atom. The fourth-order valence-electron chi connectivity index (χ4n) is 2.88. The van der Waals surface area contributed by atoms with Gasteiger partial charge >= 0.3 is 0 Å². The number of fused-ring (bicyclic) bond motifs is 1. The number of aryl methyl sites for hydroxylation is 1. The molecule has 26 heavy (non-hydrogen) atoms. The van der Waals surface area contributed by atoms with Gasteiger partial charge in [-0.25, -0.2) is 0 Å². The molecule has 5 nitrogen and oxygen atoms in total. The van der Waals surface area contributed by atoms with E-state index in [4.69, 9.17) is 0 Å². The van der Waals surface area contributed by atoms with Crippen molar-refractivity contribution in [2.24, 2.45) is 0 Å². The van der Waals surface area contributed by atoms with Crippen molar-refractivity contribution in [3.8, 4) is 0 Å². The molecule has 0 bridgehead atoms. The lowest BCUT2D eigenvalue weighted by Crippen LogP contribution is -2.32. The number of para-hydroxylation sites is 1. The molecular weight excluding hydrogens is 348 g/mol. The number of aliphatic hydroxyl groups is 1. The number of carbonyl (C=O) groups is 2. The number of nitrogens with one attached hydrogen (secondary N) is 2. The third-order valence-corrected chi connectivity index (χ3v) is 5.62. The summed E-state index contributed by atoms with van der Waals surface area (Å²) in [5.74, 6) is -0.0488. The molecule has 2 aromatic rings. The molecule has 0 saturated carbocycles. The van der Waals surface area contributed by atoms with Crippen LogP contribution in [0.25, 0.3) is 0 Å². The Labute approximate surface area is 157 Å². The van der Waals surface area contributed by atoms with E-state index >= 15 is 0 Å². The van der Waals surface area contributed by atoms with Crippen LogP contribution in [0.1, 0.15) is 23.7 Å². The van der Waals surface area contributed by atoms with Crippen LogP contribution in [0.3, 0.4) is 0 Å². The summed E-state index contributed by atoms with van der Waals surface area (Å²) in [6, 6.07) is 17.0. The molecule has 6 heteroatoms. The lowest BCUT2D eigenvalue weighted by Gasteiger charge is -2.14. The summed E-state index contributed by atoms with van der Waals surface area (Å²) in [6.07, 6.45) is 0.773. The van der Waals surface area contributed by atoms with Crippen molar-refractivity contribution in [3.63, 3.8) is 0 Å². The monoisotopic (exact) mass is 370 g/mol. The minimum atomic E-state index is -0.735. The Kier molecular flexibility index (Phi) is 6.30. The van der Waals surface area contributed by atoms with Crippen LogP contribution in [-0.4, -0.2) is 34.5 Å². The molecule has 1 heterocycles. The highest BCUT2D eigenvalue weighted by Crippen LogP contribution is 2.27. The maximum Gasteiger partial charge on any atom is 0.237 e. The summed E-state index contributed by atoms with van der Waals surface area (Å²) < 4.78 is 0. The van der Waals surface area contributed by atoms with Gasteiger partial charge in [0.15, 0.2) is 0 Å². The highest BCUT2D eigenvalue weighted by atomic mass is 32.2. The summed E-state index contributed by atoms with van der Waals surface area (Å²) in [5, 5.41) is 15.5. The van der Waals surface area contributed by atoms with E-state index in [1.54, 1.807) is 0 Å². The topological polar surface area (TPSA) is 78.4 Å².